The van der Waals surface area contributed by atoms with Gasteiger partial charge in [-0.2, -0.15) is 0 Å². The highest BCUT2D eigenvalue weighted by Crippen LogP contribution is 2.17. The molecule has 0 saturated heterocycles. The average molecular weight is 265 g/mol. The summed E-state index contributed by atoms with van der Waals surface area (Å²) in [5, 5.41) is 11.4. The summed E-state index contributed by atoms with van der Waals surface area (Å²) >= 11 is 0. The van der Waals surface area contributed by atoms with Crippen LogP contribution in [0.15, 0.2) is 59.0 Å². The summed E-state index contributed by atoms with van der Waals surface area (Å²) in [7, 11) is 0. The minimum Gasteiger partial charge on any atom is -0.419 e. The van der Waals surface area contributed by atoms with Crippen molar-refractivity contribution in [3.8, 4) is 11.5 Å². The van der Waals surface area contributed by atoms with E-state index in [4.69, 9.17) is 4.42 Å². The quantitative estimate of drug-likeness (QED) is 0.782. The second-order valence-electron chi connectivity index (χ2n) is 4.59. The first-order valence-corrected chi connectivity index (χ1v) is 6.49. The molecule has 0 aliphatic rings. The molecule has 0 aliphatic heterocycles. The van der Waals surface area contributed by atoms with Gasteiger partial charge in [0.2, 0.25) is 11.8 Å². The van der Waals surface area contributed by atoms with E-state index in [1.54, 1.807) is 0 Å². The van der Waals surface area contributed by atoms with Crippen LogP contribution in [0.5, 0.6) is 0 Å². The third-order valence-corrected chi connectivity index (χ3v) is 2.95. The van der Waals surface area contributed by atoms with Gasteiger partial charge in [0.1, 0.15) is 0 Å². The van der Waals surface area contributed by atoms with E-state index in [-0.39, 0.29) is 0 Å². The maximum absolute atomic E-state index is 5.64. The highest BCUT2D eigenvalue weighted by Gasteiger charge is 2.07. The van der Waals surface area contributed by atoms with Gasteiger partial charge in [-0.15, -0.1) is 10.2 Å². The third-order valence-electron chi connectivity index (χ3n) is 2.95. The average Bonchev–Trinajstić information content (AvgIpc) is 2.95. The Balaban J connectivity index is 1.69. The van der Waals surface area contributed by atoms with E-state index in [1.165, 1.54) is 5.56 Å². The Bertz CT molecular complexity index is 692. The van der Waals surface area contributed by atoms with Crippen molar-refractivity contribution in [2.24, 2.45) is 0 Å². The van der Waals surface area contributed by atoms with Crippen LogP contribution in [0.3, 0.4) is 0 Å². The van der Waals surface area contributed by atoms with Crippen molar-refractivity contribution in [2.75, 3.05) is 5.32 Å². The highest BCUT2D eigenvalue weighted by atomic mass is 16.4. The Morgan fingerprint density at radius 3 is 2.65 bits per heavy atom. The monoisotopic (exact) mass is 265 g/mol. The Morgan fingerprint density at radius 2 is 1.85 bits per heavy atom. The summed E-state index contributed by atoms with van der Waals surface area (Å²) in [5.74, 6) is 1.12. The molecule has 100 valence electrons. The standard InChI is InChI=1S/C16H15N3O/c1-12-6-5-9-14(10-12)17-11-15-18-19-16(20-15)13-7-3-2-4-8-13/h2-10,17H,11H2,1H3. The maximum Gasteiger partial charge on any atom is 0.247 e. The van der Waals surface area contributed by atoms with Crippen LogP contribution in [0.1, 0.15) is 11.5 Å². The lowest BCUT2D eigenvalue weighted by molar-refractivity contribution is 0.515. The second kappa shape index (κ2) is 5.57. The van der Waals surface area contributed by atoms with Crippen molar-refractivity contribution in [1.29, 1.82) is 0 Å². The molecule has 0 amide bonds. The topological polar surface area (TPSA) is 51.0 Å². The minimum atomic E-state index is 0.517. The van der Waals surface area contributed by atoms with Gasteiger partial charge < -0.3 is 9.73 Å². The molecule has 0 unspecified atom stereocenters. The third kappa shape index (κ3) is 2.85. The van der Waals surface area contributed by atoms with Crippen LogP contribution < -0.4 is 5.32 Å². The van der Waals surface area contributed by atoms with Gasteiger partial charge in [-0.1, -0.05) is 30.3 Å². The van der Waals surface area contributed by atoms with E-state index >= 15 is 0 Å². The molecule has 0 radical (unpaired) electrons. The largest absolute Gasteiger partial charge is 0.419 e. The van der Waals surface area contributed by atoms with Crippen LogP contribution in [-0.2, 0) is 6.54 Å². The van der Waals surface area contributed by atoms with Gasteiger partial charge in [0.05, 0.1) is 6.54 Å². The fourth-order valence-electron chi connectivity index (χ4n) is 1.96. The van der Waals surface area contributed by atoms with Crippen LogP contribution in [0, 0.1) is 6.92 Å². The molecule has 0 fully saturated rings. The van der Waals surface area contributed by atoms with E-state index in [2.05, 4.69) is 34.6 Å². The summed E-state index contributed by atoms with van der Waals surface area (Å²) < 4.78 is 5.64. The summed E-state index contributed by atoms with van der Waals surface area (Å²) in [6, 6.07) is 17.9. The number of rotatable bonds is 4. The maximum atomic E-state index is 5.64. The van der Waals surface area contributed by atoms with Crippen LogP contribution in [0.4, 0.5) is 5.69 Å². The Morgan fingerprint density at radius 1 is 1.00 bits per heavy atom. The number of aromatic nitrogens is 2. The van der Waals surface area contributed by atoms with Crippen molar-refractivity contribution >= 4 is 5.69 Å². The van der Waals surface area contributed by atoms with Crippen LogP contribution in [0.25, 0.3) is 11.5 Å². The fourth-order valence-corrected chi connectivity index (χ4v) is 1.96. The zero-order valence-electron chi connectivity index (χ0n) is 11.2. The molecule has 1 aromatic heterocycles. The number of anilines is 1. The molecule has 4 heteroatoms. The predicted octanol–water partition coefficient (Wildman–Crippen LogP) is 3.66. The van der Waals surface area contributed by atoms with E-state index in [0.29, 0.717) is 18.3 Å². The van der Waals surface area contributed by atoms with Crippen molar-refractivity contribution in [3.63, 3.8) is 0 Å². The zero-order valence-corrected chi connectivity index (χ0v) is 11.2. The van der Waals surface area contributed by atoms with Gasteiger partial charge in [0, 0.05) is 11.3 Å². The number of hydrogen-bond donors (Lipinski definition) is 1. The predicted molar refractivity (Wildman–Crippen MR) is 78.2 cm³/mol. The molecule has 0 aliphatic carbocycles. The lowest BCUT2D eigenvalue weighted by Gasteiger charge is -2.03. The van der Waals surface area contributed by atoms with Crippen molar-refractivity contribution in [2.45, 2.75) is 13.5 Å². The van der Waals surface area contributed by atoms with Crippen LogP contribution in [-0.4, -0.2) is 10.2 Å². The number of aryl methyl sites for hydroxylation is 1. The molecular weight excluding hydrogens is 250 g/mol. The highest BCUT2D eigenvalue weighted by molar-refractivity contribution is 5.52. The van der Waals surface area contributed by atoms with Crippen molar-refractivity contribution < 1.29 is 4.42 Å². The second-order valence-corrected chi connectivity index (χ2v) is 4.59. The summed E-state index contributed by atoms with van der Waals surface area (Å²) in [4.78, 5) is 0. The smallest absolute Gasteiger partial charge is 0.247 e. The molecule has 4 nitrogen and oxygen atoms in total. The Hall–Kier alpha value is -2.62. The normalized spacial score (nSPS) is 10.4. The van der Waals surface area contributed by atoms with Gasteiger partial charge >= 0.3 is 0 Å². The molecule has 0 spiro atoms. The van der Waals surface area contributed by atoms with Gasteiger partial charge in [0.15, 0.2) is 0 Å². The Labute approximate surface area is 117 Å². The summed E-state index contributed by atoms with van der Waals surface area (Å²) in [6.45, 7) is 2.58. The molecule has 0 bridgehead atoms. The number of nitrogens with one attached hydrogen (secondary N) is 1. The minimum absolute atomic E-state index is 0.517. The first kappa shape index (κ1) is 12.4. The van der Waals surface area contributed by atoms with Gasteiger partial charge in [-0.25, -0.2) is 0 Å². The van der Waals surface area contributed by atoms with Crippen LogP contribution >= 0.6 is 0 Å². The molecule has 3 rings (SSSR count). The van der Waals surface area contributed by atoms with E-state index in [0.717, 1.165) is 11.3 Å². The molecular formula is C16H15N3O. The lowest BCUT2D eigenvalue weighted by Crippen LogP contribution is -1.99. The lowest BCUT2D eigenvalue weighted by atomic mass is 10.2. The Kier molecular flexibility index (Phi) is 3.46. The first-order valence-electron chi connectivity index (χ1n) is 6.49. The van der Waals surface area contributed by atoms with E-state index in [9.17, 15) is 0 Å². The van der Waals surface area contributed by atoms with Gasteiger partial charge in [0.25, 0.3) is 0 Å². The molecule has 1 N–H and O–H groups in total. The summed E-state index contributed by atoms with van der Waals surface area (Å²) in [5.41, 5.74) is 3.19. The fraction of sp³-hybridized carbons (Fsp3) is 0.125. The molecule has 1 heterocycles. The van der Waals surface area contributed by atoms with E-state index < -0.39 is 0 Å². The number of hydrogen-bond acceptors (Lipinski definition) is 4. The molecule has 3 aromatic rings. The molecule has 0 saturated carbocycles. The van der Waals surface area contributed by atoms with Gasteiger partial charge in [-0.05, 0) is 36.8 Å². The summed E-state index contributed by atoms with van der Waals surface area (Å²) in [6.07, 6.45) is 0. The van der Waals surface area contributed by atoms with E-state index in [1.807, 2.05) is 42.5 Å². The molecule has 2 aromatic carbocycles. The first-order chi connectivity index (χ1) is 9.81. The molecule has 0 atom stereocenters. The zero-order chi connectivity index (χ0) is 13.8. The van der Waals surface area contributed by atoms with Crippen LogP contribution in [0.2, 0.25) is 0 Å². The number of nitrogens with zero attached hydrogens (tertiary/aromatic N) is 2. The molecule has 20 heavy (non-hydrogen) atoms. The van der Waals surface area contributed by atoms with Crippen molar-refractivity contribution in [1.82, 2.24) is 10.2 Å². The van der Waals surface area contributed by atoms with Crippen molar-refractivity contribution in [3.05, 3.63) is 66.1 Å². The SMILES string of the molecule is Cc1cccc(NCc2nnc(-c3ccccc3)o2)c1. The number of benzene rings is 2. The van der Waals surface area contributed by atoms with Gasteiger partial charge in [-0.3, -0.25) is 0 Å².